The third-order valence-electron chi connectivity index (χ3n) is 5.45. The van der Waals surface area contributed by atoms with Crippen LogP contribution in [0.5, 0.6) is 0 Å². The molecule has 29 heavy (non-hydrogen) atoms. The lowest BCUT2D eigenvalue weighted by Crippen LogP contribution is -2.51. The Morgan fingerprint density at radius 2 is 2.00 bits per heavy atom. The van der Waals surface area contributed by atoms with Crippen molar-refractivity contribution in [1.29, 1.82) is 0 Å². The summed E-state index contributed by atoms with van der Waals surface area (Å²) in [5.74, 6) is 0.126. The number of carbonyl (C=O) groups excluding carboxylic acids is 1. The van der Waals surface area contributed by atoms with Crippen molar-refractivity contribution in [1.82, 2.24) is 19.6 Å². The van der Waals surface area contributed by atoms with Gasteiger partial charge in [-0.3, -0.25) is 9.48 Å². The summed E-state index contributed by atoms with van der Waals surface area (Å²) in [5.41, 5.74) is 2.06. The third-order valence-corrected chi connectivity index (χ3v) is 5.45. The van der Waals surface area contributed by atoms with Crippen LogP contribution >= 0.6 is 0 Å². The molecule has 0 saturated carbocycles. The van der Waals surface area contributed by atoms with Gasteiger partial charge in [-0.2, -0.15) is 5.10 Å². The van der Waals surface area contributed by atoms with Crippen molar-refractivity contribution in [2.24, 2.45) is 7.05 Å². The number of aromatic nitrogens is 2. The van der Waals surface area contributed by atoms with Crippen molar-refractivity contribution in [3.63, 3.8) is 0 Å². The van der Waals surface area contributed by atoms with Crippen molar-refractivity contribution >= 4 is 16.7 Å². The molecule has 152 valence electrons. The zero-order valence-corrected chi connectivity index (χ0v) is 17.3. The Balaban J connectivity index is 1.59. The SMILES string of the molecule is CN(C)C[C@@H]1OCCN(C(=O)Cc2ccc3ccccc3c2)[C@H]1c1cnn(C)c1. The van der Waals surface area contributed by atoms with Gasteiger partial charge >= 0.3 is 0 Å². The van der Waals surface area contributed by atoms with Crippen LogP contribution in [0.1, 0.15) is 17.2 Å². The number of morpholine rings is 1. The van der Waals surface area contributed by atoms with Crippen LogP contribution in [0.3, 0.4) is 0 Å². The maximum absolute atomic E-state index is 13.4. The molecular weight excluding hydrogens is 364 g/mol. The first kappa shape index (κ1) is 19.6. The van der Waals surface area contributed by atoms with Crippen LogP contribution < -0.4 is 0 Å². The number of fused-ring (bicyclic) bond motifs is 1. The highest BCUT2D eigenvalue weighted by molar-refractivity contribution is 5.85. The molecule has 2 heterocycles. The number of amides is 1. The summed E-state index contributed by atoms with van der Waals surface area (Å²) in [6, 6.07) is 14.4. The van der Waals surface area contributed by atoms with E-state index in [-0.39, 0.29) is 18.1 Å². The second-order valence-corrected chi connectivity index (χ2v) is 8.01. The predicted molar refractivity (Wildman–Crippen MR) is 114 cm³/mol. The summed E-state index contributed by atoms with van der Waals surface area (Å²) in [4.78, 5) is 17.4. The Bertz CT molecular complexity index is 997. The molecule has 1 aliphatic heterocycles. The normalized spacial score (nSPS) is 19.8. The van der Waals surface area contributed by atoms with E-state index in [0.717, 1.165) is 23.1 Å². The van der Waals surface area contributed by atoms with Crippen LogP contribution in [0, 0.1) is 0 Å². The highest BCUT2D eigenvalue weighted by Crippen LogP contribution is 2.30. The minimum absolute atomic E-state index is 0.0801. The summed E-state index contributed by atoms with van der Waals surface area (Å²) in [5, 5.41) is 6.68. The number of carbonyl (C=O) groups is 1. The van der Waals surface area contributed by atoms with Gasteiger partial charge in [-0.1, -0.05) is 42.5 Å². The molecule has 1 saturated heterocycles. The van der Waals surface area contributed by atoms with E-state index in [1.165, 1.54) is 5.39 Å². The van der Waals surface area contributed by atoms with E-state index in [1.807, 2.05) is 50.6 Å². The number of hydrogen-bond acceptors (Lipinski definition) is 4. The van der Waals surface area contributed by atoms with Gasteiger partial charge in [0.2, 0.25) is 5.91 Å². The molecule has 0 radical (unpaired) electrons. The number of rotatable bonds is 5. The fourth-order valence-corrected chi connectivity index (χ4v) is 4.14. The molecule has 3 aromatic rings. The minimum Gasteiger partial charge on any atom is -0.373 e. The average molecular weight is 393 g/mol. The molecule has 1 fully saturated rings. The molecule has 6 heteroatoms. The van der Waals surface area contributed by atoms with E-state index >= 15 is 0 Å². The fourth-order valence-electron chi connectivity index (χ4n) is 4.14. The van der Waals surface area contributed by atoms with Crippen LogP contribution in [0.2, 0.25) is 0 Å². The van der Waals surface area contributed by atoms with Gasteiger partial charge in [-0.25, -0.2) is 0 Å². The summed E-state index contributed by atoms with van der Waals surface area (Å²) >= 11 is 0. The monoisotopic (exact) mass is 392 g/mol. The average Bonchev–Trinajstić information content (AvgIpc) is 3.13. The largest absolute Gasteiger partial charge is 0.373 e. The van der Waals surface area contributed by atoms with Crippen LogP contribution in [-0.4, -0.2) is 65.4 Å². The van der Waals surface area contributed by atoms with Crippen LogP contribution in [0.15, 0.2) is 54.9 Å². The van der Waals surface area contributed by atoms with Crippen molar-refractivity contribution < 1.29 is 9.53 Å². The van der Waals surface area contributed by atoms with Crippen molar-refractivity contribution in [2.75, 3.05) is 33.8 Å². The van der Waals surface area contributed by atoms with Gasteiger partial charge in [-0.05, 0) is 30.4 Å². The molecule has 1 aliphatic rings. The van der Waals surface area contributed by atoms with Gasteiger partial charge in [0.25, 0.3) is 0 Å². The number of ether oxygens (including phenoxy) is 1. The standard InChI is InChI=1S/C23H28N4O2/c1-25(2)16-21-23(20-14-24-26(3)15-20)27(10-11-29-21)22(28)13-17-8-9-18-6-4-5-7-19(18)12-17/h4-9,12,14-15,21,23H,10-11,13,16H2,1-3H3/t21-,23-/m0/s1. The Morgan fingerprint density at radius 3 is 2.72 bits per heavy atom. The second kappa shape index (κ2) is 8.35. The van der Waals surface area contributed by atoms with E-state index in [0.29, 0.717) is 19.6 Å². The van der Waals surface area contributed by atoms with Crippen LogP contribution in [0.25, 0.3) is 10.8 Å². The Kier molecular flexibility index (Phi) is 5.65. The first-order valence-corrected chi connectivity index (χ1v) is 10.0. The summed E-state index contributed by atoms with van der Waals surface area (Å²) < 4.78 is 7.86. The van der Waals surface area contributed by atoms with E-state index in [2.05, 4.69) is 40.3 Å². The molecule has 1 amide bonds. The first-order valence-electron chi connectivity index (χ1n) is 10.0. The Hall–Kier alpha value is -2.70. The third kappa shape index (κ3) is 4.33. The highest BCUT2D eigenvalue weighted by atomic mass is 16.5. The summed E-state index contributed by atoms with van der Waals surface area (Å²) in [6.07, 6.45) is 4.14. The first-order chi connectivity index (χ1) is 14.0. The molecule has 4 rings (SSSR count). The molecule has 2 atom stereocenters. The van der Waals surface area contributed by atoms with Gasteiger partial charge < -0.3 is 14.5 Å². The molecule has 1 aromatic heterocycles. The summed E-state index contributed by atoms with van der Waals surface area (Å²) in [7, 11) is 5.95. The lowest BCUT2D eigenvalue weighted by atomic mass is 9.98. The zero-order chi connectivity index (χ0) is 20.4. The Morgan fingerprint density at radius 1 is 1.21 bits per heavy atom. The van der Waals surface area contributed by atoms with Gasteiger partial charge in [-0.15, -0.1) is 0 Å². The lowest BCUT2D eigenvalue weighted by Gasteiger charge is -2.42. The quantitative estimate of drug-likeness (QED) is 0.670. The topological polar surface area (TPSA) is 50.6 Å². The molecule has 0 unspecified atom stereocenters. The zero-order valence-electron chi connectivity index (χ0n) is 17.3. The number of likely N-dealkylation sites (N-methyl/N-ethyl adjacent to an activating group) is 1. The van der Waals surface area contributed by atoms with Gasteiger partial charge in [0.05, 0.1) is 31.4 Å². The second-order valence-electron chi connectivity index (χ2n) is 8.01. The van der Waals surface area contributed by atoms with Crippen molar-refractivity contribution in [3.05, 3.63) is 66.0 Å². The molecule has 0 bridgehead atoms. The minimum atomic E-state index is -0.132. The van der Waals surface area contributed by atoms with Crippen molar-refractivity contribution in [2.45, 2.75) is 18.6 Å². The molecule has 6 nitrogen and oxygen atoms in total. The van der Waals surface area contributed by atoms with E-state index < -0.39 is 0 Å². The molecule has 2 aromatic carbocycles. The summed E-state index contributed by atoms with van der Waals surface area (Å²) in [6.45, 7) is 1.90. The number of aryl methyl sites for hydroxylation is 1. The highest BCUT2D eigenvalue weighted by Gasteiger charge is 2.37. The van der Waals surface area contributed by atoms with E-state index in [9.17, 15) is 4.79 Å². The lowest BCUT2D eigenvalue weighted by molar-refractivity contribution is -0.147. The van der Waals surface area contributed by atoms with Gasteiger partial charge in [0, 0.05) is 31.9 Å². The van der Waals surface area contributed by atoms with E-state index in [1.54, 1.807) is 4.68 Å². The number of hydrogen-bond donors (Lipinski definition) is 0. The molecule has 0 spiro atoms. The predicted octanol–water partition coefficient (Wildman–Crippen LogP) is 2.65. The van der Waals surface area contributed by atoms with E-state index in [4.69, 9.17) is 4.74 Å². The molecule has 0 aliphatic carbocycles. The molecular formula is C23H28N4O2. The number of benzene rings is 2. The van der Waals surface area contributed by atoms with Gasteiger partial charge in [0.1, 0.15) is 0 Å². The van der Waals surface area contributed by atoms with Crippen LogP contribution in [-0.2, 0) is 23.0 Å². The Labute approximate surface area is 171 Å². The maximum Gasteiger partial charge on any atom is 0.227 e. The smallest absolute Gasteiger partial charge is 0.227 e. The number of nitrogens with zero attached hydrogens (tertiary/aromatic N) is 4. The van der Waals surface area contributed by atoms with Crippen molar-refractivity contribution in [3.8, 4) is 0 Å². The van der Waals surface area contributed by atoms with Crippen LogP contribution in [0.4, 0.5) is 0 Å². The maximum atomic E-state index is 13.4. The fraction of sp³-hybridized carbons (Fsp3) is 0.391. The van der Waals surface area contributed by atoms with Gasteiger partial charge in [0.15, 0.2) is 0 Å². The molecule has 0 N–H and O–H groups in total.